The SMILES string of the molecule is N#Cc1ccc(NC2CCC3(CCC3)C2)c(CS(N)(=O)=O)c1. The minimum atomic E-state index is -3.62. The Hall–Kier alpha value is -1.58. The molecule has 0 amide bonds. The molecule has 0 aliphatic heterocycles. The minimum absolute atomic E-state index is 0.247. The number of rotatable bonds is 4. The molecule has 1 spiro atoms. The van der Waals surface area contributed by atoms with Crippen LogP contribution >= 0.6 is 0 Å². The van der Waals surface area contributed by atoms with Crippen molar-refractivity contribution >= 4 is 15.7 Å². The van der Waals surface area contributed by atoms with Gasteiger partial charge in [0.1, 0.15) is 0 Å². The van der Waals surface area contributed by atoms with E-state index in [1.54, 1.807) is 18.2 Å². The lowest BCUT2D eigenvalue weighted by molar-refractivity contribution is 0.142. The topological polar surface area (TPSA) is 96.0 Å². The number of benzene rings is 1. The summed E-state index contributed by atoms with van der Waals surface area (Å²) in [4.78, 5) is 0. The summed E-state index contributed by atoms with van der Waals surface area (Å²) in [6.07, 6.45) is 7.51. The summed E-state index contributed by atoms with van der Waals surface area (Å²) < 4.78 is 22.8. The Morgan fingerprint density at radius 3 is 2.68 bits per heavy atom. The van der Waals surface area contributed by atoms with Crippen molar-refractivity contribution in [3.8, 4) is 6.07 Å². The first kappa shape index (κ1) is 15.3. The number of nitrogens with two attached hydrogens (primary N) is 1. The van der Waals surface area contributed by atoms with Gasteiger partial charge in [-0.1, -0.05) is 6.42 Å². The number of anilines is 1. The van der Waals surface area contributed by atoms with Gasteiger partial charge in [0.15, 0.2) is 0 Å². The Morgan fingerprint density at radius 1 is 1.36 bits per heavy atom. The van der Waals surface area contributed by atoms with E-state index in [2.05, 4.69) is 5.32 Å². The van der Waals surface area contributed by atoms with Crippen LogP contribution in [0.2, 0.25) is 0 Å². The Kier molecular flexibility index (Phi) is 3.87. The van der Waals surface area contributed by atoms with Crippen LogP contribution in [0, 0.1) is 16.7 Å². The monoisotopic (exact) mass is 319 g/mol. The van der Waals surface area contributed by atoms with Crippen LogP contribution in [-0.4, -0.2) is 14.5 Å². The quantitative estimate of drug-likeness (QED) is 0.891. The Balaban J connectivity index is 1.79. The first-order chi connectivity index (χ1) is 10.4. The van der Waals surface area contributed by atoms with Gasteiger partial charge in [0.2, 0.25) is 10.0 Å². The zero-order valence-electron chi connectivity index (χ0n) is 12.5. The molecular weight excluding hydrogens is 298 g/mol. The van der Waals surface area contributed by atoms with Crippen molar-refractivity contribution in [1.29, 1.82) is 5.26 Å². The van der Waals surface area contributed by atoms with Crippen LogP contribution in [0.4, 0.5) is 5.69 Å². The first-order valence-electron chi connectivity index (χ1n) is 7.69. The van der Waals surface area contributed by atoms with Gasteiger partial charge >= 0.3 is 0 Å². The molecule has 1 aromatic carbocycles. The van der Waals surface area contributed by atoms with Gasteiger partial charge in [0, 0.05) is 11.7 Å². The van der Waals surface area contributed by atoms with E-state index in [-0.39, 0.29) is 5.75 Å². The molecule has 1 unspecified atom stereocenters. The van der Waals surface area contributed by atoms with Crippen molar-refractivity contribution in [3.63, 3.8) is 0 Å². The van der Waals surface area contributed by atoms with Crippen LogP contribution in [-0.2, 0) is 15.8 Å². The molecule has 1 atom stereocenters. The Morgan fingerprint density at radius 2 is 2.14 bits per heavy atom. The standard InChI is InChI=1S/C16H21N3O2S/c17-10-12-2-3-15(13(8-12)11-22(18,20)21)19-14-4-7-16(9-14)5-1-6-16/h2-3,8,14,19H,1,4-7,9,11H2,(H2,18,20,21). The normalized spacial score (nSPS) is 23.0. The number of hydrogen-bond acceptors (Lipinski definition) is 4. The Labute approximate surface area is 131 Å². The van der Waals surface area contributed by atoms with E-state index in [0.29, 0.717) is 22.6 Å². The molecule has 2 aliphatic rings. The molecule has 1 aromatic rings. The van der Waals surface area contributed by atoms with Crippen LogP contribution in [0.5, 0.6) is 0 Å². The molecule has 2 saturated carbocycles. The maximum absolute atomic E-state index is 11.4. The highest BCUT2D eigenvalue weighted by Crippen LogP contribution is 2.53. The number of hydrogen-bond donors (Lipinski definition) is 2. The second-order valence-corrected chi connectivity index (χ2v) is 8.34. The number of nitrogens with one attached hydrogen (secondary N) is 1. The van der Waals surface area contributed by atoms with Crippen molar-refractivity contribution in [2.45, 2.75) is 50.3 Å². The third kappa shape index (κ3) is 3.26. The minimum Gasteiger partial charge on any atom is -0.382 e. The van der Waals surface area contributed by atoms with Crippen LogP contribution < -0.4 is 10.5 Å². The number of nitrogens with zero attached hydrogens (tertiary/aromatic N) is 1. The molecular formula is C16H21N3O2S. The third-order valence-electron chi connectivity index (χ3n) is 5.07. The van der Waals surface area contributed by atoms with Gasteiger partial charge in [0.05, 0.1) is 17.4 Å². The maximum Gasteiger partial charge on any atom is 0.213 e. The van der Waals surface area contributed by atoms with Crippen molar-refractivity contribution in [3.05, 3.63) is 29.3 Å². The van der Waals surface area contributed by atoms with E-state index >= 15 is 0 Å². The van der Waals surface area contributed by atoms with Crippen molar-refractivity contribution in [2.24, 2.45) is 10.6 Å². The maximum atomic E-state index is 11.4. The predicted molar refractivity (Wildman–Crippen MR) is 85.5 cm³/mol. The molecule has 118 valence electrons. The zero-order chi connectivity index (χ0) is 15.8. The molecule has 0 saturated heterocycles. The number of sulfonamides is 1. The molecule has 3 N–H and O–H groups in total. The lowest BCUT2D eigenvalue weighted by atomic mass is 9.67. The van der Waals surface area contributed by atoms with Gasteiger partial charge in [-0.25, -0.2) is 13.6 Å². The fraction of sp³-hybridized carbons (Fsp3) is 0.562. The van der Waals surface area contributed by atoms with Gasteiger partial charge in [-0.2, -0.15) is 5.26 Å². The van der Waals surface area contributed by atoms with E-state index in [1.807, 2.05) is 6.07 Å². The van der Waals surface area contributed by atoms with E-state index in [4.69, 9.17) is 10.4 Å². The smallest absolute Gasteiger partial charge is 0.213 e. The lowest BCUT2D eigenvalue weighted by Crippen LogP contribution is -2.28. The molecule has 5 nitrogen and oxygen atoms in total. The van der Waals surface area contributed by atoms with Gasteiger partial charge in [-0.15, -0.1) is 0 Å². The molecule has 0 bridgehead atoms. The highest BCUT2D eigenvalue weighted by Gasteiger charge is 2.43. The molecule has 0 aromatic heterocycles. The van der Waals surface area contributed by atoms with Gasteiger partial charge in [-0.05, 0) is 61.3 Å². The highest BCUT2D eigenvalue weighted by molar-refractivity contribution is 7.88. The fourth-order valence-corrected chi connectivity index (χ4v) is 4.49. The summed E-state index contributed by atoms with van der Waals surface area (Å²) in [5.74, 6) is -0.247. The average molecular weight is 319 g/mol. The van der Waals surface area contributed by atoms with E-state index in [0.717, 1.165) is 18.5 Å². The van der Waals surface area contributed by atoms with Crippen LogP contribution in [0.25, 0.3) is 0 Å². The number of nitriles is 1. The summed E-state index contributed by atoms with van der Waals surface area (Å²) in [7, 11) is -3.62. The van der Waals surface area contributed by atoms with Crippen molar-refractivity contribution in [2.75, 3.05) is 5.32 Å². The third-order valence-corrected chi connectivity index (χ3v) is 5.78. The molecule has 2 fully saturated rings. The highest BCUT2D eigenvalue weighted by atomic mass is 32.2. The zero-order valence-corrected chi connectivity index (χ0v) is 13.3. The summed E-state index contributed by atoms with van der Waals surface area (Å²) in [6.45, 7) is 0. The second-order valence-electron chi connectivity index (χ2n) is 6.73. The lowest BCUT2D eigenvalue weighted by Gasteiger charge is -2.38. The van der Waals surface area contributed by atoms with Gasteiger partial charge in [-0.3, -0.25) is 0 Å². The summed E-state index contributed by atoms with van der Waals surface area (Å²) in [6, 6.07) is 7.54. The van der Waals surface area contributed by atoms with Crippen LogP contribution in [0.3, 0.4) is 0 Å². The Bertz CT molecular complexity index is 717. The second kappa shape index (κ2) is 5.56. The van der Waals surface area contributed by atoms with Crippen molar-refractivity contribution in [1.82, 2.24) is 0 Å². The van der Waals surface area contributed by atoms with E-state index in [1.165, 1.54) is 25.7 Å². The molecule has 0 radical (unpaired) electrons. The predicted octanol–water partition coefficient (Wildman–Crippen LogP) is 2.48. The summed E-state index contributed by atoms with van der Waals surface area (Å²) >= 11 is 0. The molecule has 6 heteroatoms. The number of primary sulfonamides is 1. The van der Waals surface area contributed by atoms with E-state index in [9.17, 15) is 8.42 Å². The largest absolute Gasteiger partial charge is 0.382 e. The molecule has 22 heavy (non-hydrogen) atoms. The first-order valence-corrected chi connectivity index (χ1v) is 9.41. The van der Waals surface area contributed by atoms with Crippen LogP contribution in [0.15, 0.2) is 18.2 Å². The molecule has 2 aliphatic carbocycles. The van der Waals surface area contributed by atoms with Gasteiger partial charge in [0.25, 0.3) is 0 Å². The summed E-state index contributed by atoms with van der Waals surface area (Å²) in [5.41, 5.74) is 2.35. The van der Waals surface area contributed by atoms with E-state index < -0.39 is 10.0 Å². The van der Waals surface area contributed by atoms with Crippen molar-refractivity contribution < 1.29 is 8.42 Å². The summed E-state index contributed by atoms with van der Waals surface area (Å²) in [5, 5.41) is 17.6. The fourth-order valence-electron chi connectivity index (χ4n) is 3.82. The molecule has 3 rings (SSSR count). The van der Waals surface area contributed by atoms with Gasteiger partial charge < -0.3 is 5.32 Å². The molecule has 0 heterocycles. The van der Waals surface area contributed by atoms with Crippen LogP contribution in [0.1, 0.15) is 49.7 Å². The average Bonchev–Trinajstić information content (AvgIpc) is 2.83.